The highest BCUT2D eigenvalue weighted by Crippen LogP contribution is 2.24. The molecule has 0 radical (unpaired) electrons. The van der Waals surface area contributed by atoms with Gasteiger partial charge in [0.15, 0.2) is 0 Å². The number of rotatable bonds is 5. The highest BCUT2D eigenvalue weighted by Gasteiger charge is 2.14. The molecule has 0 bridgehead atoms. The van der Waals surface area contributed by atoms with Crippen LogP contribution in [0, 0.1) is 5.82 Å². The summed E-state index contributed by atoms with van der Waals surface area (Å²) in [6.07, 6.45) is 0.426. The van der Waals surface area contributed by atoms with Gasteiger partial charge in [-0.3, -0.25) is 9.36 Å². The molecule has 0 saturated heterocycles. The Balaban J connectivity index is 1.65. The molecular formula is C21H23FN2O3. The van der Waals surface area contributed by atoms with Crippen LogP contribution in [0.2, 0.25) is 0 Å². The number of ether oxygens (including phenoxy) is 1. The van der Waals surface area contributed by atoms with Crippen molar-refractivity contribution in [1.82, 2.24) is 9.55 Å². The van der Waals surface area contributed by atoms with E-state index in [1.165, 1.54) is 34.7 Å². The van der Waals surface area contributed by atoms with Gasteiger partial charge in [0, 0.05) is 6.07 Å². The summed E-state index contributed by atoms with van der Waals surface area (Å²) < 4.78 is 20.1. The molecule has 3 rings (SSSR count). The van der Waals surface area contributed by atoms with Crippen LogP contribution in [0.4, 0.5) is 4.39 Å². The fraction of sp³-hybridized carbons (Fsp3) is 0.333. The Morgan fingerprint density at radius 3 is 2.56 bits per heavy atom. The van der Waals surface area contributed by atoms with E-state index in [9.17, 15) is 14.3 Å². The molecule has 6 heteroatoms. The van der Waals surface area contributed by atoms with Crippen LogP contribution in [0.3, 0.4) is 0 Å². The molecule has 1 aromatic heterocycles. The summed E-state index contributed by atoms with van der Waals surface area (Å²) in [5, 5.41) is 10.5. The first kappa shape index (κ1) is 19.0. The Hall–Kier alpha value is -2.73. The van der Waals surface area contributed by atoms with Gasteiger partial charge in [0.2, 0.25) is 0 Å². The van der Waals surface area contributed by atoms with Crippen molar-refractivity contribution in [3.05, 3.63) is 70.5 Å². The smallest absolute Gasteiger partial charge is 0.261 e. The lowest BCUT2D eigenvalue weighted by Crippen LogP contribution is -2.30. The van der Waals surface area contributed by atoms with E-state index in [2.05, 4.69) is 25.8 Å². The predicted octanol–water partition coefficient (Wildman–Crippen LogP) is 3.27. The Morgan fingerprint density at radius 2 is 1.89 bits per heavy atom. The number of halogens is 1. The van der Waals surface area contributed by atoms with Gasteiger partial charge < -0.3 is 9.84 Å². The maximum absolute atomic E-state index is 13.2. The van der Waals surface area contributed by atoms with Crippen LogP contribution in [-0.2, 0) is 12.0 Å². The van der Waals surface area contributed by atoms with Gasteiger partial charge in [-0.1, -0.05) is 32.9 Å². The molecule has 1 atom stereocenters. The molecule has 0 aliphatic heterocycles. The highest BCUT2D eigenvalue weighted by atomic mass is 19.1. The summed E-state index contributed by atoms with van der Waals surface area (Å²) in [4.78, 5) is 16.5. The number of fused-ring (bicyclic) bond motifs is 1. The minimum absolute atomic E-state index is 0.0409. The third kappa shape index (κ3) is 4.52. The zero-order valence-corrected chi connectivity index (χ0v) is 15.6. The van der Waals surface area contributed by atoms with Crippen LogP contribution in [-0.4, -0.2) is 27.4 Å². The van der Waals surface area contributed by atoms with E-state index in [4.69, 9.17) is 4.74 Å². The molecule has 0 aliphatic carbocycles. The molecule has 27 heavy (non-hydrogen) atoms. The topological polar surface area (TPSA) is 64.3 Å². The zero-order valence-electron chi connectivity index (χ0n) is 15.6. The molecule has 1 N–H and O–H groups in total. The van der Waals surface area contributed by atoms with E-state index in [1.807, 2.05) is 24.3 Å². The van der Waals surface area contributed by atoms with Crippen LogP contribution in [0.1, 0.15) is 26.3 Å². The van der Waals surface area contributed by atoms with Gasteiger partial charge in [0.25, 0.3) is 5.56 Å². The van der Waals surface area contributed by atoms with Crippen LogP contribution >= 0.6 is 0 Å². The summed E-state index contributed by atoms with van der Waals surface area (Å²) in [7, 11) is 0. The van der Waals surface area contributed by atoms with Gasteiger partial charge >= 0.3 is 0 Å². The first-order chi connectivity index (χ1) is 12.7. The summed E-state index contributed by atoms with van der Waals surface area (Å²) >= 11 is 0. The first-order valence-corrected chi connectivity index (χ1v) is 8.80. The maximum Gasteiger partial charge on any atom is 0.261 e. The number of aromatic nitrogens is 2. The largest absolute Gasteiger partial charge is 0.491 e. The lowest BCUT2D eigenvalue weighted by atomic mass is 9.87. The van der Waals surface area contributed by atoms with Gasteiger partial charge in [-0.05, 0) is 35.2 Å². The second-order valence-corrected chi connectivity index (χ2v) is 7.60. The van der Waals surface area contributed by atoms with E-state index in [1.54, 1.807) is 0 Å². The quantitative estimate of drug-likeness (QED) is 0.749. The van der Waals surface area contributed by atoms with Crippen molar-refractivity contribution in [2.75, 3.05) is 6.61 Å². The monoisotopic (exact) mass is 370 g/mol. The van der Waals surface area contributed by atoms with Crippen LogP contribution in [0.15, 0.2) is 53.6 Å². The van der Waals surface area contributed by atoms with Crippen molar-refractivity contribution in [3.63, 3.8) is 0 Å². The number of aliphatic hydroxyl groups is 1. The molecule has 0 saturated carbocycles. The fourth-order valence-electron chi connectivity index (χ4n) is 2.78. The van der Waals surface area contributed by atoms with Crippen molar-refractivity contribution < 1.29 is 14.2 Å². The molecule has 2 aromatic carbocycles. The SMILES string of the molecule is CC(C)(C)c1ccc(OC[C@H](O)Cn2cnc3cc(F)ccc3c2=O)cc1. The number of nitrogens with zero attached hydrogens (tertiary/aromatic N) is 2. The van der Waals surface area contributed by atoms with Gasteiger partial charge in [0.05, 0.1) is 23.8 Å². The first-order valence-electron chi connectivity index (χ1n) is 8.80. The number of hydrogen-bond donors (Lipinski definition) is 1. The van der Waals surface area contributed by atoms with E-state index in [0.717, 1.165) is 0 Å². The van der Waals surface area contributed by atoms with Crippen LogP contribution in [0.5, 0.6) is 5.75 Å². The Morgan fingerprint density at radius 1 is 1.19 bits per heavy atom. The summed E-state index contributed by atoms with van der Waals surface area (Å²) in [6.45, 7) is 6.49. The van der Waals surface area contributed by atoms with Gasteiger partial charge in [-0.15, -0.1) is 0 Å². The molecule has 142 valence electrons. The molecule has 5 nitrogen and oxygen atoms in total. The highest BCUT2D eigenvalue weighted by molar-refractivity contribution is 5.77. The molecule has 3 aromatic rings. The molecule has 0 aliphatic rings. The molecular weight excluding hydrogens is 347 g/mol. The van der Waals surface area contributed by atoms with Crippen molar-refractivity contribution in [2.45, 2.75) is 38.8 Å². The zero-order chi connectivity index (χ0) is 19.6. The number of aliphatic hydroxyl groups excluding tert-OH is 1. The minimum atomic E-state index is -0.885. The van der Waals surface area contributed by atoms with Gasteiger partial charge in [-0.2, -0.15) is 0 Å². The summed E-state index contributed by atoms with van der Waals surface area (Å²) in [6, 6.07) is 11.6. The van der Waals surface area contributed by atoms with Crippen LogP contribution < -0.4 is 10.3 Å². The number of hydrogen-bond acceptors (Lipinski definition) is 4. The van der Waals surface area contributed by atoms with Crippen LogP contribution in [0.25, 0.3) is 10.9 Å². The fourth-order valence-corrected chi connectivity index (χ4v) is 2.78. The average molecular weight is 370 g/mol. The van der Waals surface area contributed by atoms with Crippen molar-refractivity contribution in [3.8, 4) is 5.75 Å². The van der Waals surface area contributed by atoms with E-state index in [-0.39, 0.29) is 24.1 Å². The van der Waals surface area contributed by atoms with Crippen molar-refractivity contribution in [1.29, 1.82) is 0 Å². The molecule has 0 spiro atoms. The molecule has 0 fully saturated rings. The van der Waals surface area contributed by atoms with Crippen molar-refractivity contribution in [2.24, 2.45) is 0 Å². The second-order valence-electron chi connectivity index (χ2n) is 7.60. The van der Waals surface area contributed by atoms with Crippen molar-refractivity contribution >= 4 is 10.9 Å². The Kier molecular flexibility index (Phi) is 5.28. The maximum atomic E-state index is 13.2. The molecule has 0 amide bonds. The van der Waals surface area contributed by atoms with E-state index < -0.39 is 11.9 Å². The molecule has 0 unspecified atom stereocenters. The number of benzene rings is 2. The van der Waals surface area contributed by atoms with E-state index in [0.29, 0.717) is 16.7 Å². The van der Waals surface area contributed by atoms with Gasteiger partial charge in [0.1, 0.15) is 24.3 Å². The lowest BCUT2D eigenvalue weighted by Gasteiger charge is -2.19. The van der Waals surface area contributed by atoms with Gasteiger partial charge in [-0.25, -0.2) is 9.37 Å². The van der Waals surface area contributed by atoms with E-state index >= 15 is 0 Å². The minimum Gasteiger partial charge on any atom is -0.491 e. The standard InChI is InChI=1S/C21H23FN2O3/c1-21(2,3)14-4-7-17(8-5-14)27-12-16(25)11-24-13-23-19-10-15(22)6-9-18(19)20(24)26/h4-10,13,16,25H,11-12H2,1-3H3/t16-/m1/s1. The average Bonchev–Trinajstić information content (AvgIpc) is 2.62. The third-order valence-corrected chi connectivity index (χ3v) is 4.36. The Labute approximate surface area is 157 Å². The third-order valence-electron chi connectivity index (χ3n) is 4.36. The predicted molar refractivity (Wildman–Crippen MR) is 103 cm³/mol. The lowest BCUT2D eigenvalue weighted by molar-refractivity contribution is 0.0914. The normalized spacial score (nSPS) is 12.9. The second kappa shape index (κ2) is 7.48. The Bertz CT molecular complexity index is 991. The molecule has 1 heterocycles. The summed E-state index contributed by atoms with van der Waals surface area (Å²) in [5.74, 6) is 0.208. The summed E-state index contributed by atoms with van der Waals surface area (Å²) in [5.41, 5.74) is 1.22.